The Balaban J connectivity index is 1.06. The van der Waals surface area contributed by atoms with Gasteiger partial charge in [0.15, 0.2) is 16.1 Å². The first-order chi connectivity index (χ1) is 41.7. The van der Waals surface area contributed by atoms with Gasteiger partial charge in [-0.2, -0.15) is 0 Å². The third kappa shape index (κ3) is 7.58. The van der Waals surface area contributed by atoms with Gasteiger partial charge in [0.1, 0.15) is 0 Å². The fourth-order valence-corrected chi connectivity index (χ4v) is 24.2. The number of para-hydroxylation sites is 4. The molecule has 0 radical (unpaired) electrons. The first-order valence-electron chi connectivity index (χ1n) is 29.2. The van der Waals surface area contributed by atoms with E-state index in [0.717, 1.165) is 28.4 Å². The first kappa shape index (κ1) is 49.6. The second-order valence-corrected chi connectivity index (χ2v) is 29.9. The van der Waals surface area contributed by atoms with Crippen LogP contribution in [0, 0.1) is 0 Å². The van der Waals surface area contributed by atoms with Gasteiger partial charge in [0, 0.05) is 44.9 Å². The van der Waals surface area contributed by atoms with Gasteiger partial charge in [-0.05, 0) is 119 Å². The third-order valence-corrected chi connectivity index (χ3v) is 27.6. The van der Waals surface area contributed by atoms with Gasteiger partial charge in [-0.15, -0.1) is 0 Å². The van der Waals surface area contributed by atoms with Gasteiger partial charge in [0.25, 0.3) is 6.71 Å². The fraction of sp³-hybridized carbons (Fsp3) is 0. The maximum Gasteiger partial charge on any atom is 0.252 e. The number of nitrogens with zero attached hydrogens (tertiary/aromatic N) is 3. The van der Waals surface area contributed by atoms with E-state index in [0.29, 0.717) is 0 Å². The van der Waals surface area contributed by atoms with Crippen molar-refractivity contribution >= 4 is 137 Å². The molecule has 0 aliphatic carbocycles. The summed E-state index contributed by atoms with van der Waals surface area (Å²) in [5.74, 6) is 0. The molecule has 0 amide bonds. The minimum Gasteiger partial charge on any atom is -0.311 e. The topological polar surface area (TPSA) is 11.4 Å². The van der Waals surface area contributed by atoms with E-state index in [1.165, 1.54) is 91.1 Å². The Hall–Kier alpha value is -10.2. The third-order valence-electron chi connectivity index (χ3n) is 18.0. The molecular weight excluding hydrogens is 1050 g/mol. The molecule has 2 aliphatic heterocycles. The van der Waals surface area contributed by atoms with E-state index in [4.69, 9.17) is 0 Å². The Morgan fingerprint density at radius 2 is 0.560 bits per heavy atom. The lowest BCUT2D eigenvalue weighted by Gasteiger charge is -2.45. The highest BCUT2D eigenvalue weighted by Gasteiger charge is 2.49. The average Bonchev–Trinajstić information content (AvgIpc) is 0.786. The van der Waals surface area contributed by atoms with Gasteiger partial charge in [0.2, 0.25) is 0 Å². The van der Waals surface area contributed by atoms with Crippen molar-refractivity contribution in [3.05, 3.63) is 340 Å². The van der Waals surface area contributed by atoms with Crippen LogP contribution >= 0.6 is 0 Å². The van der Waals surface area contributed by atoms with E-state index in [2.05, 4.69) is 354 Å². The van der Waals surface area contributed by atoms with Crippen LogP contribution in [0.4, 0.5) is 34.1 Å². The van der Waals surface area contributed by atoms with Gasteiger partial charge >= 0.3 is 0 Å². The van der Waals surface area contributed by atoms with E-state index in [9.17, 15) is 0 Å². The quantitative estimate of drug-likeness (QED) is 0.0945. The zero-order chi connectivity index (χ0) is 55.6. The normalized spacial score (nSPS) is 12.7. The molecule has 3 nitrogen and oxygen atoms in total. The van der Waals surface area contributed by atoms with Gasteiger partial charge < -0.3 is 14.4 Å². The van der Waals surface area contributed by atoms with Crippen LogP contribution in [-0.4, -0.2) is 27.4 Å². The van der Waals surface area contributed by atoms with Crippen molar-refractivity contribution in [3.8, 4) is 5.69 Å². The molecule has 0 saturated carbocycles. The molecule has 0 bridgehead atoms. The molecule has 0 atom stereocenters. The van der Waals surface area contributed by atoms with Crippen LogP contribution < -0.4 is 67.7 Å². The van der Waals surface area contributed by atoms with E-state index < -0.39 is 16.1 Å². The Morgan fingerprint density at radius 1 is 0.226 bits per heavy atom. The summed E-state index contributed by atoms with van der Waals surface area (Å²) in [6.07, 6.45) is 0. The number of fused-ring (bicyclic) bond motifs is 7. The number of rotatable bonds is 11. The molecule has 394 valence electrons. The second-order valence-electron chi connectivity index (χ2n) is 22.3. The number of hydrogen-bond donors (Lipinski definition) is 0. The Bertz CT molecular complexity index is 4470. The second kappa shape index (κ2) is 20.3. The van der Waals surface area contributed by atoms with Crippen molar-refractivity contribution in [2.75, 3.05) is 9.80 Å². The molecule has 0 N–H and O–H groups in total. The molecule has 1 aromatic heterocycles. The van der Waals surface area contributed by atoms with Crippen molar-refractivity contribution < 1.29 is 0 Å². The molecule has 0 fully saturated rings. The smallest absolute Gasteiger partial charge is 0.252 e. The maximum atomic E-state index is 2.65. The van der Waals surface area contributed by atoms with Gasteiger partial charge in [0.05, 0.1) is 16.7 Å². The van der Waals surface area contributed by atoms with Crippen LogP contribution in [-0.2, 0) is 0 Å². The molecule has 13 aromatic carbocycles. The molecule has 14 aromatic rings. The zero-order valence-corrected chi connectivity index (χ0v) is 48.3. The number of anilines is 6. The summed E-state index contributed by atoms with van der Waals surface area (Å²) in [7, 11) is -6.05. The average molecular weight is 1100 g/mol. The van der Waals surface area contributed by atoms with Crippen LogP contribution in [0.3, 0.4) is 0 Å². The Morgan fingerprint density at radius 3 is 0.964 bits per heavy atom. The van der Waals surface area contributed by atoms with E-state index in [1.54, 1.807) is 0 Å². The van der Waals surface area contributed by atoms with Gasteiger partial charge in [-0.1, -0.05) is 279 Å². The summed E-state index contributed by atoms with van der Waals surface area (Å²) in [5, 5.41) is 13.2. The Kier molecular flexibility index (Phi) is 12.0. The molecule has 6 heteroatoms. The van der Waals surface area contributed by atoms with Crippen LogP contribution in [0.1, 0.15) is 0 Å². The summed E-state index contributed by atoms with van der Waals surface area (Å²) in [6, 6.07) is 129. The van der Waals surface area contributed by atoms with Gasteiger partial charge in [-0.25, -0.2) is 0 Å². The van der Waals surface area contributed by atoms with E-state index in [1.807, 2.05) is 0 Å². The molecule has 3 heterocycles. The molecule has 0 saturated heterocycles. The lowest BCUT2D eigenvalue weighted by atomic mass is 9.33. The summed E-state index contributed by atoms with van der Waals surface area (Å²) in [4.78, 5) is 5.18. The zero-order valence-electron chi connectivity index (χ0n) is 46.3. The first-order valence-corrected chi connectivity index (χ1v) is 33.2. The van der Waals surface area contributed by atoms with Gasteiger partial charge in [-0.3, -0.25) is 0 Å². The van der Waals surface area contributed by atoms with Crippen molar-refractivity contribution in [3.63, 3.8) is 0 Å². The summed E-state index contributed by atoms with van der Waals surface area (Å²) < 4.78 is 2.50. The van der Waals surface area contributed by atoms with Crippen molar-refractivity contribution in [1.29, 1.82) is 0 Å². The maximum absolute atomic E-state index is 3.03. The molecule has 2 aliphatic rings. The SMILES string of the molecule is c1ccc(N2c3ccc([Si](c4ccccc4)(c4ccccc4)c4ccccc4)cc3B3c4ccc([Si](c5ccccc5)(c5ccccc5)c5ccccc5)cc4N(c4ccccc4)c4cc(-n5c6ccccc6c6ccccc65)cc2c43)cc1. The number of hydrogen-bond acceptors (Lipinski definition) is 2. The minimum absolute atomic E-state index is 0.170. The molecule has 0 spiro atoms. The van der Waals surface area contributed by atoms with Crippen molar-refractivity contribution in [1.82, 2.24) is 4.57 Å². The Labute approximate surface area is 493 Å². The standard InChI is InChI=1S/C78H56BN3Si2/c1-9-29-57(30-10-1)80-74-52-50-66(83(60-33-13-3-14-34-60,61-35-15-4-16-36-61)62-37-17-5-18-38-62)55-71(74)79-70-51-49-67(84(63-39-19-6-20-40-63,64-41-21-7-22-42-64)65-43-23-8-24-44-65)56-75(70)81(58-31-11-2-12-32-58)77-54-59(53-76(80)78(77)79)82-72-47-27-25-45-68(72)69-46-26-28-48-73(69)82/h1-56H. The van der Waals surface area contributed by atoms with E-state index >= 15 is 0 Å². The lowest BCUT2D eigenvalue weighted by molar-refractivity contribution is 1.16. The largest absolute Gasteiger partial charge is 0.311 e. The van der Waals surface area contributed by atoms with Crippen molar-refractivity contribution in [2.45, 2.75) is 0 Å². The predicted molar refractivity (Wildman–Crippen MR) is 362 cm³/mol. The van der Waals surface area contributed by atoms with Crippen LogP contribution in [0.5, 0.6) is 0 Å². The molecule has 16 rings (SSSR count). The van der Waals surface area contributed by atoms with Crippen LogP contribution in [0.25, 0.3) is 27.5 Å². The van der Waals surface area contributed by atoms with Crippen LogP contribution in [0.15, 0.2) is 340 Å². The number of aromatic nitrogens is 1. The molecule has 84 heavy (non-hydrogen) atoms. The minimum atomic E-state index is -3.03. The predicted octanol–water partition coefficient (Wildman–Crippen LogP) is 11.6. The van der Waals surface area contributed by atoms with Crippen LogP contribution in [0.2, 0.25) is 0 Å². The monoisotopic (exact) mass is 1100 g/mol. The highest BCUT2D eigenvalue weighted by atomic mass is 28.3. The summed E-state index contributed by atoms with van der Waals surface area (Å²) in [5.41, 5.74) is 14.2. The van der Waals surface area contributed by atoms with Crippen molar-refractivity contribution in [2.24, 2.45) is 0 Å². The summed E-state index contributed by atoms with van der Waals surface area (Å²) >= 11 is 0. The van der Waals surface area contributed by atoms with E-state index in [-0.39, 0.29) is 6.71 Å². The lowest BCUT2D eigenvalue weighted by Crippen LogP contribution is -2.75. The molecule has 0 unspecified atom stereocenters. The fourth-order valence-electron chi connectivity index (χ4n) is 14.6. The summed E-state index contributed by atoms with van der Waals surface area (Å²) in [6.45, 7) is -0.170. The highest BCUT2D eigenvalue weighted by molar-refractivity contribution is 7.21. The number of benzene rings is 13. The molecular formula is C78H56BN3Si2. The highest BCUT2D eigenvalue weighted by Crippen LogP contribution is 2.46.